The molecular weight excluding hydrogens is 376 g/mol. The molecule has 2 heterocycles. The number of rotatable bonds is 5. The van der Waals surface area contributed by atoms with Gasteiger partial charge in [-0.1, -0.05) is 42.5 Å². The lowest BCUT2D eigenvalue weighted by Gasteiger charge is -2.27. The molecule has 6 heteroatoms. The van der Waals surface area contributed by atoms with Crippen LogP contribution in [0.15, 0.2) is 48.5 Å². The number of anilines is 1. The predicted molar refractivity (Wildman–Crippen MR) is 118 cm³/mol. The summed E-state index contributed by atoms with van der Waals surface area (Å²) in [6.45, 7) is 5.12. The number of nitrogens with one attached hydrogen (secondary N) is 1. The summed E-state index contributed by atoms with van der Waals surface area (Å²) >= 11 is 0. The van der Waals surface area contributed by atoms with Crippen LogP contribution in [0.5, 0.6) is 5.75 Å². The maximum atomic E-state index is 11.8. The summed E-state index contributed by atoms with van der Waals surface area (Å²) in [6.07, 6.45) is 0.835. The molecule has 0 radical (unpaired) electrons. The summed E-state index contributed by atoms with van der Waals surface area (Å²) in [5.41, 5.74) is 5.70. The Labute approximate surface area is 177 Å². The van der Waals surface area contributed by atoms with Gasteiger partial charge in [0.2, 0.25) is 5.91 Å². The van der Waals surface area contributed by atoms with Gasteiger partial charge in [-0.3, -0.25) is 9.48 Å². The number of benzene rings is 2. The minimum atomic E-state index is 0.0865. The lowest BCUT2D eigenvalue weighted by molar-refractivity contribution is -0.129. The Morgan fingerprint density at radius 3 is 2.60 bits per heavy atom. The summed E-state index contributed by atoms with van der Waals surface area (Å²) in [5, 5.41) is 8.24. The zero-order valence-corrected chi connectivity index (χ0v) is 18.0. The van der Waals surface area contributed by atoms with Gasteiger partial charge in [-0.25, -0.2) is 0 Å². The van der Waals surface area contributed by atoms with E-state index in [0.717, 1.165) is 41.2 Å². The molecule has 1 aromatic heterocycles. The molecule has 3 aromatic rings. The van der Waals surface area contributed by atoms with Crippen molar-refractivity contribution in [2.24, 2.45) is 7.05 Å². The highest BCUT2D eigenvalue weighted by atomic mass is 16.5. The van der Waals surface area contributed by atoms with Crippen LogP contribution >= 0.6 is 0 Å². The van der Waals surface area contributed by atoms with Crippen LogP contribution in [0.3, 0.4) is 0 Å². The third-order valence-electron chi connectivity index (χ3n) is 5.87. The number of hydrogen-bond donors (Lipinski definition) is 1. The Morgan fingerprint density at radius 2 is 1.90 bits per heavy atom. The van der Waals surface area contributed by atoms with E-state index in [1.807, 2.05) is 34.8 Å². The molecule has 1 atom stereocenters. The number of methoxy groups -OCH3 is 1. The molecule has 156 valence electrons. The summed E-state index contributed by atoms with van der Waals surface area (Å²) < 4.78 is 7.42. The van der Waals surface area contributed by atoms with Gasteiger partial charge in [-0.15, -0.1) is 0 Å². The van der Waals surface area contributed by atoms with Crippen LogP contribution in [0, 0.1) is 0 Å². The van der Waals surface area contributed by atoms with E-state index in [1.165, 1.54) is 11.3 Å². The molecule has 0 saturated carbocycles. The Hall–Kier alpha value is -3.28. The van der Waals surface area contributed by atoms with E-state index in [4.69, 9.17) is 9.84 Å². The van der Waals surface area contributed by atoms with E-state index in [9.17, 15) is 4.79 Å². The molecule has 6 nitrogen and oxygen atoms in total. The Bertz CT molecular complexity index is 1060. The van der Waals surface area contributed by atoms with Crippen molar-refractivity contribution in [3.63, 3.8) is 0 Å². The fraction of sp³-hybridized carbons (Fsp3) is 0.333. The quantitative estimate of drug-likeness (QED) is 0.693. The summed E-state index contributed by atoms with van der Waals surface area (Å²) in [6, 6.07) is 16.6. The molecule has 1 aliphatic rings. The first-order valence-electron chi connectivity index (χ1n) is 10.3. The van der Waals surface area contributed by atoms with Crippen molar-refractivity contribution < 1.29 is 9.53 Å². The lowest BCUT2D eigenvalue weighted by Crippen LogP contribution is -2.34. The minimum absolute atomic E-state index is 0.0865. The third-order valence-corrected chi connectivity index (χ3v) is 5.87. The van der Waals surface area contributed by atoms with Crippen molar-refractivity contribution in [2.75, 3.05) is 19.0 Å². The molecule has 2 aromatic carbocycles. The van der Waals surface area contributed by atoms with Crippen LogP contribution in [0.1, 0.15) is 36.7 Å². The number of carbonyl (C=O) groups excluding carboxylic acids is 1. The van der Waals surface area contributed by atoms with Crippen molar-refractivity contribution in [1.82, 2.24) is 14.7 Å². The van der Waals surface area contributed by atoms with Gasteiger partial charge in [0, 0.05) is 43.8 Å². The highest BCUT2D eigenvalue weighted by Crippen LogP contribution is 2.32. The van der Waals surface area contributed by atoms with Gasteiger partial charge in [0.05, 0.1) is 19.7 Å². The normalized spacial score (nSPS) is 14.2. The molecular formula is C24H28N4O2. The second-order valence-electron chi connectivity index (χ2n) is 7.78. The van der Waals surface area contributed by atoms with Gasteiger partial charge in [0.15, 0.2) is 5.82 Å². The molecule has 0 aliphatic carbocycles. The zero-order valence-electron chi connectivity index (χ0n) is 18.0. The van der Waals surface area contributed by atoms with E-state index in [2.05, 4.69) is 42.6 Å². The fourth-order valence-electron chi connectivity index (χ4n) is 4.10. The van der Waals surface area contributed by atoms with Crippen LogP contribution in [0.4, 0.5) is 5.82 Å². The van der Waals surface area contributed by atoms with Crippen molar-refractivity contribution in [3.05, 3.63) is 65.4 Å². The maximum absolute atomic E-state index is 11.8. The van der Waals surface area contributed by atoms with Crippen molar-refractivity contribution >= 4 is 11.7 Å². The highest BCUT2D eigenvalue weighted by molar-refractivity contribution is 5.74. The van der Waals surface area contributed by atoms with Crippen LogP contribution in [-0.2, 0) is 24.8 Å². The predicted octanol–water partition coefficient (Wildman–Crippen LogP) is 4.17. The average molecular weight is 405 g/mol. The molecule has 0 saturated heterocycles. The van der Waals surface area contributed by atoms with Crippen LogP contribution in [0.2, 0.25) is 0 Å². The van der Waals surface area contributed by atoms with E-state index < -0.39 is 0 Å². The monoisotopic (exact) mass is 404 g/mol. The summed E-state index contributed by atoms with van der Waals surface area (Å²) in [4.78, 5) is 13.7. The number of hydrogen-bond acceptors (Lipinski definition) is 4. The largest absolute Gasteiger partial charge is 0.496 e. The highest BCUT2D eigenvalue weighted by Gasteiger charge is 2.26. The van der Waals surface area contributed by atoms with Crippen molar-refractivity contribution in [2.45, 2.75) is 32.9 Å². The van der Waals surface area contributed by atoms with Crippen LogP contribution in [0.25, 0.3) is 11.1 Å². The topological polar surface area (TPSA) is 59.4 Å². The number of nitrogens with zero attached hydrogens (tertiary/aromatic N) is 3. The van der Waals surface area contributed by atoms with Crippen molar-refractivity contribution in [3.8, 4) is 16.9 Å². The fourth-order valence-corrected chi connectivity index (χ4v) is 4.10. The number of para-hydroxylation sites is 1. The first-order chi connectivity index (χ1) is 14.5. The van der Waals surface area contributed by atoms with E-state index >= 15 is 0 Å². The third kappa shape index (κ3) is 3.77. The SMILES string of the molecule is COc1ccccc1-c1ccc([C@H](C)Nc2nn(C)c3c2CN(C(C)=O)CC3)cc1. The van der Waals surface area contributed by atoms with Crippen LogP contribution in [-0.4, -0.2) is 34.2 Å². The van der Waals surface area contributed by atoms with Gasteiger partial charge in [-0.05, 0) is 24.1 Å². The van der Waals surface area contributed by atoms with E-state index in [-0.39, 0.29) is 11.9 Å². The second-order valence-corrected chi connectivity index (χ2v) is 7.78. The van der Waals surface area contributed by atoms with E-state index in [0.29, 0.717) is 6.54 Å². The first kappa shape index (κ1) is 20.0. The number of ether oxygens (including phenoxy) is 1. The number of aromatic nitrogens is 2. The molecule has 0 fully saturated rings. The molecule has 1 N–H and O–H groups in total. The van der Waals surface area contributed by atoms with Crippen LogP contribution < -0.4 is 10.1 Å². The molecule has 0 bridgehead atoms. The summed E-state index contributed by atoms with van der Waals surface area (Å²) in [5.74, 6) is 1.83. The number of fused-ring (bicyclic) bond motifs is 1. The smallest absolute Gasteiger partial charge is 0.219 e. The lowest BCUT2D eigenvalue weighted by atomic mass is 10.0. The zero-order chi connectivity index (χ0) is 21.3. The second kappa shape index (κ2) is 8.22. The van der Waals surface area contributed by atoms with Gasteiger partial charge in [0.25, 0.3) is 0 Å². The van der Waals surface area contributed by atoms with Gasteiger partial charge < -0.3 is 15.0 Å². The molecule has 0 spiro atoms. The molecule has 4 rings (SSSR count). The Balaban J connectivity index is 1.54. The molecule has 1 amide bonds. The minimum Gasteiger partial charge on any atom is -0.496 e. The number of carbonyl (C=O) groups is 1. The van der Waals surface area contributed by atoms with Gasteiger partial charge in [-0.2, -0.15) is 5.10 Å². The Morgan fingerprint density at radius 1 is 1.17 bits per heavy atom. The van der Waals surface area contributed by atoms with E-state index in [1.54, 1.807) is 14.0 Å². The standard InChI is InChI=1S/C24H28N4O2/c1-16(18-9-11-19(12-10-18)20-7-5-6-8-23(20)30-4)25-24-21-15-28(17(2)29)14-13-22(21)27(3)26-24/h5-12,16H,13-15H2,1-4H3,(H,25,26)/t16-/m0/s1. The maximum Gasteiger partial charge on any atom is 0.219 e. The first-order valence-corrected chi connectivity index (χ1v) is 10.3. The van der Waals surface area contributed by atoms with Crippen molar-refractivity contribution in [1.29, 1.82) is 0 Å². The van der Waals surface area contributed by atoms with Gasteiger partial charge >= 0.3 is 0 Å². The number of amides is 1. The average Bonchev–Trinajstić information content (AvgIpc) is 3.08. The van der Waals surface area contributed by atoms with Gasteiger partial charge in [0.1, 0.15) is 5.75 Å². The Kier molecular flexibility index (Phi) is 5.48. The molecule has 0 unspecified atom stereocenters. The molecule has 1 aliphatic heterocycles. The number of aryl methyl sites for hydroxylation is 1. The summed E-state index contributed by atoms with van der Waals surface area (Å²) in [7, 11) is 3.67. The molecule has 30 heavy (non-hydrogen) atoms.